The van der Waals surface area contributed by atoms with Gasteiger partial charge in [0.15, 0.2) is 0 Å². The van der Waals surface area contributed by atoms with Gasteiger partial charge in [0.2, 0.25) is 0 Å². The molecule has 0 aromatic heterocycles. The first-order valence-corrected chi connectivity index (χ1v) is 4.78. The van der Waals surface area contributed by atoms with Crippen molar-refractivity contribution in [2.75, 3.05) is 7.11 Å². The molecular weight excluding hydrogens is 210 g/mol. The third-order valence-corrected chi connectivity index (χ3v) is 2.20. The molecule has 0 aliphatic carbocycles. The predicted molar refractivity (Wildman–Crippen MR) is 66.6 cm³/mol. The maximum atomic E-state index is 6.00. The average Bonchev–Trinajstić information content (AvgIpc) is 2.26. The van der Waals surface area contributed by atoms with Crippen LogP contribution in [0, 0.1) is 0 Å². The molecule has 0 amide bonds. The van der Waals surface area contributed by atoms with Crippen molar-refractivity contribution >= 4 is 12.4 Å². The van der Waals surface area contributed by atoms with Crippen molar-refractivity contribution < 1.29 is 4.74 Å². The molecule has 0 saturated heterocycles. The molecule has 0 fully saturated rings. The second-order valence-corrected chi connectivity index (χ2v) is 3.25. The lowest BCUT2D eigenvalue weighted by Gasteiger charge is -2.11. The van der Waals surface area contributed by atoms with Crippen molar-refractivity contribution in [3.05, 3.63) is 42.5 Å². The lowest BCUT2D eigenvalue weighted by molar-refractivity contribution is 0.413. The second-order valence-electron chi connectivity index (χ2n) is 3.25. The maximum Gasteiger partial charge on any atom is 0.119 e. The largest absolute Gasteiger partial charge is 0.497 e. The summed E-state index contributed by atoms with van der Waals surface area (Å²) in [5.74, 6) is 0.858. The van der Waals surface area contributed by atoms with E-state index in [4.69, 9.17) is 10.5 Å². The third kappa shape index (κ3) is 4.36. The second kappa shape index (κ2) is 7.32. The van der Waals surface area contributed by atoms with Crippen LogP contribution in [0.2, 0.25) is 0 Å². The molecule has 1 aromatic rings. The van der Waals surface area contributed by atoms with Gasteiger partial charge in [0.05, 0.1) is 7.11 Å². The van der Waals surface area contributed by atoms with E-state index >= 15 is 0 Å². The molecule has 0 saturated carbocycles. The van der Waals surface area contributed by atoms with Crippen LogP contribution < -0.4 is 10.5 Å². The maximum absolute atomic E-state index is 6.00. The Hall–Kier alpha value is -0.990. The number of ether oxygens (including phenoxy) is 1. The minimum Gasteiger partial charge on any atom is -0.497 e. The zero-order valence-electron chi connectivity index (χ0n) is 8.98. The lowest BCUT2D eigenvalue weighted by Crippen LogP contribution is -2.09. The normalized spacial score (nSPS) is 11.3. The Labute approximate surface area is 97.5 Å². The van der Waals surface area contributed by atoms with E-state index in [1.807, 2.05) is 30.3 Å². The Morgan fingerprint density at radius 2 is 2.27 bits per heavy atom. The summed E-state index contributed by atoms with van der Waals surface area (Å²) in [6, 6.07) is 7.96. The molecule has 0 spiro atoms. The average molecular weight is 228 g/mol. The van der Waals surface area contributed by atoms with E-state index in [-0.39, 0.29) is 18.4 Å². The molecule has 0 unspecified atom stereocenters. The van der Waals surface area contributed by atoms with Crippen molar-refractivity contribution in [3.63, 3.8) is 0 Å². The van der Waals surface area contributed by atoms with Crippen molar-refractivity contribution in [2.45, 2.75) is 18.9 Å². The van der Waals surface area contributed by atoms with Gasteiger partial charge in [0.1, 0.15) is 5.75 Å². The van der Waals surface area contributed by atoms with Gasteiger partial charge in [-0.05, 0) is 30.5 Å². The highest BCUT2D eigenvalue weighted by Gasteiger charge is 2.05. The standard InChI is InChI=1S/C12H17NO.ClH/c1-3-4-8-12(13)10-6-5-7-11(9-10)14-2;/h3,5-7,9,12H,1,4,8,13H2,2H3;1H/t12-;/m0./s1. The molecule has 15 heavy (non-hydrogen) atoms. The van der Waals surface area contributed by atoms with Gasteiger partial charge in [-0.3, -0.25) is 0 Å². The van der Waals surface area contributed by atoms with Gasteiger partial charge in [0, 0.05) is 6.04 Å². The quantitative estimate of drug-likeness (QED) is 0.785. The summed E-state index contributed by atoms with van der Waals surface area (Å²) in [5.41, 5.74) is 7.12. The van der Waals surface area contributed by atoms with Crippen LogP contribution in [-0.2, 0) is 0 Å². The van der Waals surface area contributed by atoms with Gasteiger partial charge in [0.25, 0.3) is 0 Å². The summed E-state index contributed by atoms with van der Waals surface area (Å²) in [6.07, 6.45) is 3.76. The molecule has 2 N–H and O–H groups in total. The molecule has 1 atom stereocenters. The Kier molecular flexibility index (Phi) is 6.84. The monoisotopic (exact) mass is 227 g/mol. The first-order chi connectivity index (χ1) is 6.77. The molecule has 3 heteroatoms. The van der Waals surface area contributed by atoms with Crippen LogP contribution in [0.1, 0.15) is 24.4 Å². The van der Waals surface area contributed by atoms with Crippen LogP contribution in [0.5, 0.6) is 5.75 Å². The van der Waals surface area contributed by atoms with E-state index in [1.165, 1.54) is 0 Å². The van der Waals surface area contributed by atoms with E-state index in [2.05, 4.69) is 6.58 Å². The highest BCUT2D eigenvalue weighted by Crippen LogP contribution is 2.20. The number of benzene rings is 1. The minimum absolute atomic E-state index is 0. The summed E-state index contributed by atoms with van der Waals surface area (Å²) >= 11 is 0. The minimum atomic E-state index is 0. The Morgan fingerprint density at radius 3 is 2.87 bits per heavy atom. The van der Waals surface area contributed by atoms with Crippen molar-refractivity contribution in [1.29, 1.82) is 0 Å². The van der Waals surface area contributed by atoms with Gasteiger partial charge in [-0.2, -0.15) is 0 Å². The molecule has 0 bridgehead atoms. The summed E-state index contributed by atoms with van der Waals surface area (Å²) in [4.78, 5) is 0. The molecule has 84 valence electrons. The highest BCUT2D eigenvalue weighted by molar-refractivity contribution is 5.85. The van der Waals surface area contributed by atoms with Crippen LogP contribution in [0.3, 0.4) is 0 Å². The summed E-state index contributed by atoms with van der Waals surface area (Å²) < 4.78 is 5.13. The Morgan fingerprint density at radius 1 is 1.53 bits per heavy atom. The smallest absolute Gasteiger partial charge is 0.119 e. The highest BCUT2D eigenvalue weighted by atomic mass is 35.5. The van der Waals surface area contributed by atoms with E-state index in [0.717, 1.165) is 24.2 Å². The van der Waals surface area contributed by atoms with Crippen molar-refractivity contribution in [2.24, 2.45) is 5.73 Å². The fourth-order valence-electron chi connectivity index (χ4n) is 1.34. The van der Waals surface area contributed by atoms with Gasteiger partial charge < -0.3 is 10.5 Å². The van der Waals surface area contributed by atoms with Crippen molar-refractivity contribution in [3.8, 4) is 5.75 Å². The molecule has 0 radical (unpaired) electrons. The van der Waals surface area contributed by atoms with E-state index in [0.29, 0.717) is 0 Å². The van der Waals surface area contributed by atoms with E-state index < -0.39 is 0 Å². The zero-order chi connectivity index (χ0) is 10.4. The van der Waals surface area contributed by atoms with Crippen LogP contribution >= 0.6 is 12.4 Å². The third-order valence-electron chi connectivity index (χ3n) is 2.20. The first kappa shape index (κ1) is 14.0. The van der Waals surface area contributed by atoms with E-state index in [1.54, 1.807) is 7.11 Å². The summed E-state index contributed by atoms with van der Waals surface area (Å²) in [6.45, 7) is 3.68. The fraction of sp³-hybridized carbons (Fsp3) is 0.333. The Balaban J connectivity index is 0.00000196. The zero-order valence-corrected chi connectivity index (χ0v) is 9.80. The van der Waals surface area contributed by atoms with E-state index in [9.17, 15) is 0 Å². The van der Waals surface area contributed by atoms with Gasteiger partial charge in [-0.1, -0.05) is 18.2 Å². The number of rotatable bonds is 5. The molecule has 0 aliphatic rings. The molecule has 0 aliphatic heterocycles. The lowest BCUT2D eigenvalue weighted by atomic mass is 10.0. The van der Waals surface area contributed by atoms with Gasteiger partial charge in [-0.15, -0.1) is 19.0 Å². The molecule has 2 nitrogen and oxygen atoms in total. The molecule has 1 aromatic carbocycles. The molecule has 0 heterocycles. The number of methoxy groups -OCH3 is 1. The number of nitrogens with two attached hydrogens (primary N) is 1. The number of hydrogen-bond acceptors (Lipinski definition) is 2. The number of allylic oxidation sites excluding steroid dienone is 1. The van der Waals surface area contributed by atoms with Gasteiger partial charge in [-0.25, -0.2) is 0 Å². The Bertz CT molecular complexity index is 301. The predicted octanol–water partition coefficient (Wildman–Crippen LogP) is 3.08. The van der Waals surface area contributed by atoms with Crippen LogP contribution in [0.15, 0.2) is 36.9 Å². The number of hydrogen-bond donors (Lipinski definition) is 1. The fourth-order valence-corrected chi connectivity index (χ4v) is 1.34. The number of halogens is 1. The molecule has 1 rings (SSSR count). The van der Waals surface area contributed by atoms with Crippen molar-refractivity contribution in [1.82, 2.24) is 0 Å². The first-order valence-electron chi connectivity index (χ1n) is 4.78. The molecular formula is C12H18ClNO. The van der Waals surface area contributed by atoms with Gasteiger partial charge >= 0.3 is 0 Å². The van der Waals surface area contributed by atoms with Crippen LogP contribution in [-0.4, -0.2) is 7.11 Å². The van der Waals surface area contributed by atoms with Crippen LogP contribution in [0.25, 0.3) is 0 Å². The topological polar surface area (TPSA) is 35.2 Å². The summed E-state index contributed by atoms with van der Waals surface area (Å²) in [7, 11) is 1.66. The SMILES string of the molecule is C=CCC[C@H](N)c1cccc(OC)c1.Cl. The summed E-state index contributed by atoms with van der Waals surface area (Å²) in [5, 5.41) is 0. The van der Waals surface area contributed by atoms with Crippen LogP contribution in [0.4, 0.5) is 0 Å².